The van der Waals surface area contributed by atoms with Crippen molar-refractivity contribution in [1.82, 2.24) is 4.90 Å². The van der Waals surface area contributed by atoms with E-state index in [0.29, 0.717) is 20.7 Å². The van der Waals surface area contributed by atoms with Crippen molar-refractivity contribution in [3.8, 4) is 5.75 Å². The van der Waals surface area contributed by atoms with Gasteiger partial charge in [-0.05, 0) is 31.4 Å². The minimum atomic E-state index is 0.0101. The van der Waals surface area contributed by atoms with Gasteiger partial charge in [0.25, 0.3) is 5.91 Å². The van der Waals surface area contributed by atoms with Crippen LogP contribution in [0.25, 0.3) is 10.1 Å². The van der Waals surface area contributed by atoms with Gasteiger partial charge in [0, 0.05) is 18.5 Å². The number of fused-ring (bicyclic) bond motifs is 1. The number of benzene rings is 1. The van der Waals surface area contributed by atoms with Crippen LogP contribution < -0.4 is 4.74 Å². The minimum Gasteiger partial charge on any atom is -0.495 e. The number of thiophene rings is 1. The zero-order valence-corrected chi connectivity index (χ0v) is 13.9. The van der Waals surface area contributed by atoms with Gasteiger partial charge < -0.3 is 9.64 Å². The molecule has 0 unspecified atom stereocenters. The monoisotopic (exact) mass is 343 g/mol. The van der Waals surface area contributed by atoms with E-state index in [1.165, 1.54) is 17.8 Å². The molecule has 0 aliphatic carbocycles. The average molecular weight is 344 g/mol. The summed E-state index contributed by atoms with van der Waals surface area (Å²) in [6, 6.07) is 3.63. The molecule has 0 N–H and O–H groups in total. The van der Waals surface area contributed by atoms with Crippen molar-refractivity contribution < 1.29 is 9.53 Å². The molecule has 1 aliphatic heterocycles. The predicted molar refractivity (Wildman–Crippen MR) is 88.2 cm³/mol. The first kappa shape index (κ1) is 14.9. The molecule has 1 amide bonds. The fourth-order valence-electron chi connectivity index (χ4n) is 2.62. The van der Waals surface area contributed by atoms with Crippen LogP contribution >= 0.6 is 34.5 Å². The van der Waals surface area contributed by atoms with Gasteiger partial charge >= 0.3 is 0 Å². The van der Waals surface area contributed by atoms with Gasteiger partial charge in [0.2, 0.25) is 0 Å². The Hall–Kier alpha value is -0.970. The Labute approximate surface area is 137 Å². The first-order chi connectivity index (χ1) is 10.1. The number of methoxy groups -OCH3 is 1. The molecule has 1 aromatic carbocycles. The van der Waals surface area contributed by atoms with Crippen LogP contribution in [-0.4, -0.2) is 31.0 Å². The highest BCUT2D eigenvalue weighted by atomic mass is 35.5. The molecule has 0 spiro atoms. The van der Waals surface area contributed by atoms with Crippen molar-refractivity contribution >= 4 is 50.5 Å². The third kappa shape index (κ3) is 2.60. The number of nitrogens with zero attached hydrogens (tertiary/aromatic N) is 1. The topological polar surface area (TPSA) is 29.5 Å². The molecule has 1 saturated heterocycles. The molecule has 2 aromatic rings. The fraction of sp³-hybridized carbons (Fsp3) is 0.400. The van der Waals surface area contributed by atoms with Crippen LogP contribution in [0.4, 0.5) is 0 Å². The van der Waals surface area contributed by atoms with Gasteiger partial charge in [0.15, 0.2) is 0 Å². The van der Waals surface area contributed by atoms with Gasteiger partial charge in [-0.2, -0.15) is 0 Å². The van der Waals surface area contributed by atoms with Crippen molar-refractivity contribution in [1.29, 1.82) is 0 Å². The molecule has 1 fully saturated rings. The Balaban J connectivity index is 2.04. The highest BCUT2D eigenvalue weighted by molar-refractivity contribution is 7.22. The quantitative estimate of drug-likeness (QED) is 0.780. The van der Waals surface area contributed by atoms with E-state index < -0.39 is 0 Å². The molecular formula is C15H15Cl2NO2S. The zero-order valence-electron chi connectivity index (χ0n) is 11.6. The molecule has 1 aliphatic rings. The van der Waals surface area contributed by atoms with Gasteiger partial charge in [-0.25, -0.2) is 0 Å². The van der Waals surface area contributed by atoms with Crippen LogP contribution in [0, 0.1) is 0 Å². The number of hydrogen-bond donors (Lipinski definition) is 0. The second-order valence-electron chi connectivity index (χ2n) is 5.06. The van der Waals surface area contributed by atoms with Gasteiger partial charge in [-0.1, -0.05) is 23.2 Å². The maximum Gasteiger partial charge on any atom is 0.265 e. The second kappa shape index (κ2) is 6.03. The fourth-order valence-corrected chi connectivity index (χ4v) is 4.47. The van der Waals surface area contributed by atoms with Crippen LogP contribution in [0.3, 0.4) is 0 Å². The lowest BCUT2D eigenvalue weighted by molar-refractivity contribution is 0.0729. The number of hydrogen-bond acceptors (Lipinski definition) is 3. The molecule has 3 rings (SSSR count). The van der Waals surface area contributed by atoms with E-state index in [-0.39, 0.29) is 5.91 Å². The Kier molecular flexibility index (Phi) is 4.29. The third-order valence-electron chi connectivity index (χ3n) is 3.76. The van der Waals surface area contributed by atoms with Gasteiger partial charge in [-0.15, -0.1) is 11.3 Å². The van der Waals surface area contributed by atoms with Crippen LogP contribution in [-0.2, 0) is 0 Å². The smallest absolute Gasteiger partial charge is 0.265 e. The molecule has 112 valence electrons. The summed E-state index contributed by atoms with van der Waals surface area (Å²) in [6.45, 7) is 1.61. The largest absolute Gasteiger partial charge is 0.495 e. The van der Waals surface area contributed by atoms with E-state index in [4.69, 9.17) is 27.9 Å². The lowest BCUT2D eigenvalue weighted by Crippen LogP contribution is -2.35. The van der Waals surface area contributed by atoms with Crippen molar-refractivity contribution in [2.24, 2.45) is 0 Å². The average Bonchev–Trinajstić information content (AvgIpc) is 2.86. The summed E-state index contributed by atoms with van der Waals surface area (Å²) in [6.07, 6.45) is 3.30. The Morgan fingerprint density at radius 1 is 1.19 bits per heavy atom. The molecule has 0 saturated carbocycles. The second-order valence-corrected chi connectivity index (χ2v) is 6.83. The van der Waals surface area contributed by atoms with Crippen molar-refractivity contribution in [3.63, 3.8) is 0 Å². The summed E-state index contributed by atoms with van der Waals surface area (Å²) in [5.74, 6) is 0.606. The van der Waals surface area contributed by atoms with Gasteiger partial charge in [0.1, 0.15) is 15.6 Å². The van der Waals surface area contributed by atoms with Crippen LogP contribution in [0.5, 0.6) is 5.75 Å². The molecule has 0 atom stereocenters. The summed E-state index contributed by atoms with van der Waals surface area (Å²) in [5.41, 5.74) is 0. The molecule has 21 heavy (non-hydrogen) atoms. The van der Waals surface area contributed by atoms with Crippen LogP contribution in [0.2, 0.25) is 10.0 Å². The molecular weight excluding hydrogens is 329 g/mol. The maximum atomic E-state index is 12.6. The van der Waals surface area contributed by atoms with Crippen molar-refractivity contribution in [3.05, 3.63) is 27.1 Å². The summed E-state index contributed by atoms with van der Waals surface area (Å²) >= 11 is 14.1. The van der Waals surface area contributed by atoms with E-state index in [9.17, 15) is 4.79 Å². The van der Waals surface area contributed by atoms with E-state index in [1.54, 1.807) is 13.2 Å². The van der Waals surface area contributed by atoms with E-state index in [0.717, 1.165) is 36.0 Å². The zero-order chi connectivity index (χ0) is 15.0. The molecule has 6 heteroatoms. The Morgan fingerprint density at radius 2 is 1.90 bits per heavy atom. The molecule has 0 radical (unpaired) electrons. The minimum absolute atomic E-state index is 0.0101. The van der Waals surface area contributed by atoms with Gasteiger partial charge in [0.05, 0.1) is 16.8 Å². The summed E-state index contributed by atoms with van der Waals surface area (Å²) in [4.78, 5) is 15.1. The number of amides is 1. The van der Waals surface area contributed by atoms with Crippen LogP contribution in [0.15, 0.2) is 12.1 Å². The van der Waals surface area contributed by atoms with E-state index in [2.05, 4.69) is 0 Å². The standard InChI is InChI=1S/C15H15Cl2NO2S/c1-20-10-6-5-9-11(16)14(21-13(9)12(10)17)15(19)18-7-3-2-4-8-18/h5-6H,2-4,7-8H2,1H3. The number of carbonyl (C=O) groups excluding carboxylic acids is 1. The van der Waals surface area contributed by atoms with Gasteiger partial charge in [-0.3, -0.25) is 4.79 Å². The third-order valence-corrected chi connectivity index (χ3v) is 5.96. The Morgan fingerprint density at radius 3 is 2.57 bits per heavy atom. The number of rotatable bonds is 2. The highest BCUT2D eigenvalue weighted by Gasteiger charge is 2.25. The lowest BCUT2D eigenvalue weighted by atomic mass is 10.1. The van der Waals surface area contributed by atoms with Crippen LogP contribution in [0.1, 0.15) is 28.9 Å². The molecule has 2 heterocycles. The molecule has 1 aromatic heterocycles. The van der Waals surface area contributed by atoms with E-state index >= 15 is 0 Å². The van der Waals surface area contributed by atoms with Crippen molar-refractivity contribution in [2.75, 3.05) is 20.2 Å². The maximum absolute atomic E-state index is 12.6. The Bertz CT molecular complexity index is 693. The highest BCUT2D eigenvalue weighted by Crippen LogP contribution is 2.43. The number of carbonyl (C=O) groups is 1. The SMILES string of the molecule is COc1ccc2c(Cl)c(C(=O)N3CCCCC3)sc2c1Cl. The summed E-state index contributed by atoms with van der Waals surface area (Å²) < 4.78 is 6.02. The summed E-state index contributed by atoms with van der Waals surface area (Å²) in [5, 5.41) is 1.82. The lowest BCUT2D eigenvalue weighted by Gasteiger charge is -2.26. The number of piperidine rings is 1. The number of halogens is 2. The molecule has 0 bridgehead atoms. The number of ether oxygens (including phenoxy) is 1. The predicted octanol–water partition coefficient (Wildman–Crippen LogP) is 4.84. The van der Waals surface area contributed by atoms with E-state index in [1.807, 2.05) is 11.0 Å². The van der Waals surface area contributed by atoms with Crippen molar-refractivity contribution in [2.45, 2.75) is 19.3 Å². The molecule has 3 nitrogen and oxygen atoms in total. The summed E-state index contributed by atoms with van der Waals surface area (Å²) in [7, 11) is 1.57. The number of likely N-dealkylation sites (tertiary alicyclic amines) is 1. The first-order valence-corrected chi connectivity index (χ1v) is 8.44. The first-order valence-electron chi connectivity index (χ1n) is 6.87. The normalized spacial score (nSPS) is 15.5.